The molecular formula is C11H21BO2Si. The van der Waals surface area contributed by atoms with E-state index in [1.807, 2.05) is 12.2 Å². The van der Waals surface area contributed by atoms with Crippen molar-refractivity contribution in [3.8, 4) is 0 Å². The molecule has 0 saturated carbocycles. The fourth-order valence-corrected chi connectivity index (χ4v) is 2.14. The standard InChI is InChI=1S/C11H21BO2Si/c1-11(2,3)15(4,5)13-8-9-6-7-10(12)14-9/h6-7,9-10H,8H2,1-5H3/t9-,10+/m0/s1. The van der Waals surface area contributed by atoms with Crippen LogP contribution in [0.25, 0.3) is 0 Å². The van der Waals surface area contributed by atoms with Gasteiger partial charge < -0.3 is 9.16 Å². The van der Waals surface area contributed by atoms with E-state index in [1.54, 1.807) is 0 Å². The van der Waals surface area contributed by atoms with Crippen LogP contribution in [0.2, 0.25) is 18.1 Å². The number of hydrogen-bond donors (Lipinski definition) is 0. The largest absolute Gasteiger partial charge is 0.414 e. The lowest BCUT2D eigenvalue weighted by Crippen LogP contribution is -2.42. The van der Waals surface area contributed by atoms with E-state index >= 15 is 0 Å². The number of ether oxygens (including phenoxy) is 1. The topological polar surface area (TPSA) is 18.5 Å². The third-order valence-electron chi connectivity index (χ3n) is 3.26. The number of rotatable bonds is 3. The van der Waals surface area contributed by atoms with Crippen molar-refractivity contribution in [3.63, 3.8) is 0 Å². The molecule has 0 aromatic rings. The van der Waals surface area contributed by atoms with E-state index in [1.165, 1.54) is 0 Å². The first-order chi connectivity index (χ1) is 6.72. The van der Waals surface area contributed by atoms with Gasteiger partial charge in [0.25, 0.3) is 0 Å². The third-order valence-corrected chi connectivity index (χ3v) is 7.76. The highest BCUT2D eigenvalue weighted by atomic mass is 28.4. The summed E-state index contributed by atoms with van der Waals surface area (Å²) in [5, 5.41) is 0.247. The molecule has 1 aliphatic heterocycles. The predicted molar refractivity (Wildman–Crippen MR) is 66.7 cm³/mol. The van der Waals surface area contributed by atoms with Crippen molar-refractivity contribution in [1.29, 1.82) is 0 Å². The zero-order valence-corrected chi connectivity index (χ0v) is 11.4. The van der Waals surface area contributed by atoms with Crippen LogP contribution in [-0.2, 0) is 9.16 Å². The van der Waals surface area contributed by atoms with Gasteiger partial charge in [-0.15, -0.1) is 0 Å². The van der Waals surface area contributed by atoms with Crippen LogP contribution in [0.1, 0.15) is 20.8 Å². The van der Waals surface area contributed by atoms with Gasteiger partial charge in [-0.25, -0.2) is 0 Å². The predicted octanol–water partition coefficient (Wildman–Crippen LogP) is 2.46. The van der Waals surface area contributed by atoms with E-state index in [0.717, 1.165) is 0 Å². The molecule has 1 rings (SSSR count). The van der Waals surface area contributed by atoms with Crippen molar-refractivity contribution in [2.45, 2.75) is 51.0 Å². The van der Waals surface area contributed by atoms with Gasteiger partial charge in [-0.3, -0.25) is 0 Å². The van der Waals surface area contributed by atoms with Crippen molar-refractivity contribution < 1.29 is 9.16 Å². The van der Waals surface area contributed by atoms with Crippen molar-refractivity contribution >= 4 is 16.2 Å². The minimum Gasteiger partial charge on any atom is -0.414 e. The Morgan fingerprint density at radius 1 is 1.33 bits per heavy atom. The zero-order chi connectivity index (χ0) is 11.7. The Bertz CT molecular complexity index is 245. The summed E-state index contributed by atoms with van der Waals surface area (Å²) in [5.41, 5.74) is 0. The fraction of sp³-hybridized carbons (Fsp3) is 0.818. The molecule has 0 fully saturated rings. The molecule has 4 heteroatoms. The molecule has 0 aliphatic carbocycles. The van der Waals surface area contributed by atoms with Crippen LogP contribution in [0.15, 0.2) is 12.2 Å². The van der Waals surface area contributed by atoms with E-state index in [2.05, 4.69) is 33.9 Å². The van der Waals surface area contributed by atoms with Crippen LogP contribution in [0.3, 0.4) is 0 Å². The third kappa shape index (κ3) is 3.47. The zero-order valence-electron chi connectivity index (χ0n) is 10.4. The maximum atomic E-state index is 6.03. The fourth-order valence-electron chi connectivity index (χ4n) is 1.13. The lowest BCUT2D eigenvalue weighted by molar-refractivity contribution is 0.0616. The molecular weight excluding hydrogens is 203 g/mol. The summed E-state index contributed by atoms with van der Waals surface area (Å²) in [6, 6.07) is -0.252. The first kappa shape index (κ1) is 13.0. The van der Waals surface area contributed by atoms with Crippen molar-refractivity contribution in [3.05, 3.63) is 12.2 Å². The van der Waals surface area contributed by atoms with Gasteiger partial charge in [0, 0.05) is 6.00 Å². The Balaban J connectivity index is 2.40. The molecule has 0 aromatic heterocycles. The van der Waals surface area contributed by atoms with Crippen molar-refractivity contribution in [1.82, 2.24) is 0 Å². The second-order valence-corrected chi connectivity index (χ2v) is 10.4. The summed E-state index contributed by atoms with van der Waals surface area (Å²) in [7, 11) is 3.95. The van der Waals surface area contributed by atoms with Crippen molar-refractivity contribution in [2.24, 2.45) is 0 Å². The number of hydrogen-bond acceptors (Lipinski definition) is 2. The van der Waals surface area contributed by atoms with Crippen molar-refractivity contribution in [2.75, 3.05) is 6.61 Å². The second-order valence-electron chi connectivity index (χ2n) is 5.60. The highest BCUT2D eigenvalue weighted by molar-refractivity contribution is 6.74. The van der Waals surface area contributed by atoms with Gasteiger partial charge in [-0.1, -0.05) is 32.9 Å². The van der Waals surface area contributed by atoms with E-state index in [0.29, 0.717) is 6.61 Å². The van der Waals surface area contributed by atoms with Gasteiger partial charge in [0.15, 0.2) is 8.32 Å². The molecule has 2 nitrogen and oxygen atoms in total. The summed E-state index contributed by atoms with van der Waals surface area (Å²) >= 11 is 0. The van der Waals surface area contributed by atoms with Gasteiger partial charge in [0.2, 0.25) is 0 Å². The molecule has 0 amide bonds. The maximum absolute atomic E-state index is 6.03. The van der Waals surface area contributed by atoms with Gasteiger partial charge in [-0.2, -0.15) is 0 Å². The SMILES string of the molecule is [B][C@H]1C=C[C@@H](CO[Si](C)(C)C(C)(C)C)O1. The summed E-state index contributed by atoms with van der Waals surface area (Å²) in [6.07, 6.45) is 3.89. The van der Waals surface area contributed by atoms with Crippen LogP contribution in [-0.4, -0.2) is 34.9 Å². The first-order valence-corrected chi connectivity index (χ1v) is 8.36. The molecule has 15 heavy (non-hydrogen) atoms. The molecule has 0 spiro atoms. The van der Waals surface area contributed by atoms with Gasteiger partial charge in [0.1, 0.15) is 7.85 Å². The summed E-state index contributed by atoms with van der Waals surface area (Å²) in [6.45, 7) is 11.8. The lowest BCUT2D eigenvalue weighted by Gasteiger charge is -2.36. The van der Waals surface area contributed by atoms with Crippen LogP contribution in [0, 0.1) is 0 Å². The second kappa shape index (κ2) is 4.44. The molecule has 0 aromatic carbocycles. The summed E-state index contributed by atoms with van der Waals surface area (Å²) in [5.74, 6) is 0. The minimum atomic E-state index is -1.65. The Morgan fingerprint density at radius 2 is 1.93 bits per heavy atom. The Labute approximate surface area is 95.6 Å². The quantitative estimate of drug-likeness (QED) is 0.541. The normalized spacial score (nSPS) is 27.3. The summed E-state index contributed by atoms with van der Waals surface area (Å²) < 4.78 is 11.5. The van der Waals surface area contributed by atoms with Crippen LogP contribution >= 0.6 is 0 Å². The van der Waals surface area contributed by atoms with Gasteiger partial charge in [0.05, 0.1) is 12.7 Å². The van der Waals surface area contributed by atoms with E-state index in [9.17, 15) is 0 Å². The van der Waals surface area contributed by atoms with E-state index in [4.69, 9.17) is 17.0 Å². The molecule has 0 unspecified atom stereocenters. The molecule has 1 aliphatic rings. The maximum Gasteiger partial charge on any atom is 0.192 e. The molecule has 2 radical (unpaired) electrons. The Kier molecular flexibility index (Phi) is 3.85. The molecule has 84 valence electrons. The average molecular weight is 224 g/mol. The van der Waals surface area contributed by atoms with Gasteiger partial charge >= 0.3 is 0 Å². The molecule has 2 atom stereocenters. The van der Waals surface area contributed by atoms with Crippen LogP contribution in [0.5, 0.6) is 0 Å². The highest BCUT2D eigenvalue weighted by Crippen LogP contribution is 2.36. The van der Waals surface area contributed by atoms with Crippen LogP contribution in [0.4, 0.5) is 0 Å². The molecule has 0 N–H and O–H groups in total. The van der Waals surface area contributed by atoms with Crippen LogP contribution < -0.4 is 0 Å². The molecule has 1 heterocycles. The Morgan fingerprint density at radius 3 is 2.33 bits per heavy atom. The highest BCUT2D eigenvalue weighted by Gasteiger charge is 2.37. The van der Waals surface area contributed by atoms with E-state index < -0.39 is 8.32 Å². The molecule has 0 bridgehead atoms. The smallest absolute Gasteiger partial charge is 0.192 e. The minimum absolute atomic E-state index is 0.0362. The Hall–Kier alpha value is -0.0582. The average Bonchev–Trinajstić information content (AvgIpc) is 2.46. The first-order valence-electron chi connectivity index (χ1n) is 5.46. The monoisotopic (exact) mass is 224 g/mol. The lowest BCUT2D eigenvalue weighted by atomic mass is 10.0. The molecule has 0 saturated heterocycles. The van der Waals surface area contributed by atoms with E-state index in [-0.39, 0.29) is 17.1 Å². The van der Waals surface area contributed by atoms with Gasteiger partial charge in [-0.05, 0) is 18.1 Å². The summed E-state index contributed by atoms with van der Waals surface area (Å²) in [4.78, 5) is 0.